The van der Waals surface area contributed by atoms with Crippen molar-refractivity contribution in [1.82, 2.24) is 19.1 Å². The number of rotatable bonds is 6. The van der Waals surface area contributed by atoms with Crippen LogP contribution in [0.2, 0.25) is 0 Å². The second-order valence-corrected chi connectivity index (χ2v) is 11.0. The van der Waals surface area contributed by atoms with Gasteiger partial charge in [0, 0.05) is 23.4 Å². The zero-order chi connectivity index (χ0) is 26.3. The molecule has 0 saturated heterocycles. The lowest BCUT2D eigenvalue weighted by Gasteiger charge is -2.26. The summed E-state index contributed by atoms with van der Waals surface area (Å²) in [7, 11) is -2.41. The van der Waals surface area contributed by atoms with Gasteiger partial charge in [-0.25, -0.2) is 27.5 Å². The Kier molecular flexibility index (Phi) is 6.61. The highest BCUT2D eigenvalue weighted by atomic mass is 32.2. The van der Waals surface area contributed by atoms with Crippen LogP contribution in [-0.4, -0.2) is 47.1 Å². The third-order valence-corrected chi connectivity index (χ3v) is 8.31. The summed E-state index contributed by atoms with van der Waals surface area (Å²) in [6.45, 7) is 1.87. The first kappa shape index (κ1) is 25.1. The van der Waals surface area contributed by atoms with Crippen LogP contribution in [0.4, 0.5) is 10.2 Å². The summed E-state index contributed by atoms with van der Waals surface area (Å²) in [4.78, 5) is 8.85. The number of hydrogen-bond donors (Lipinski definition) is 3. The summed E-state index contributed by atoms with van der Waals surface area (Å²) in [5.41, 5.74) is 9.09. The molecule has 194 valence electrons. The van der Waals surface area contributed by atoms with Gasteiger partial charge in [-0.2, -0.15) is 0 Å². The van der Waals surface area contributed by atoms with E-state index < -0.39 is 15.8 Å². The number of nitrogens with zero attached hydrogens (tertiary/aromatic N) is 3. The molecular formula is C26H28FN5O4S. The summed E-state index contributed by atoms with van der Waals surface area (Å²) < 4.78 is 50.9. The number of anilines is 1. The average Bonchev–Trinajstić information content (AvgIpc) is 3.30. The number of aliphatic hydroxyl groups is 1. The number of hydrogen-bond acceptors (Lipinski definition) is 7. The van der Waals surface area contributed by atoms with Crippen LogP contribution in [-0.2, 0) is 10.0 Å². The van der Waals surface area contributed by atoms with Gasteiger partial charge in [-0.05, 0) is 62.4 Å². The Morgan fingerprint density at radius 3 is 2.65 bits per heavy atom. The molecule has 37 heavy (non-hydrogen) atoms. The van der Waals surface area contributed by atoms with Crippen molar-refractivity contribution in [3.05, 3.63) is 60.2 Å². The van der Waals surface area contributed by atoms with E-state index in [9.17, 15) is 17.9 Å². The van der Waals surface area contributed by atoms with Crippen molar-refractivity contribution in [3.63, 3.8) is 0 Å². The smallest absolute Gasteiger partial charge is 0.240 e. The van der Waals surface area contributed by atoms with Gasteiger partial charge in [0.1, 0.15) is 0 Å². The van der Waals surface area contributed by atoms with Crippen molar-refractivity contribution < 1.29 is 22.7 Å². The molecular weight excluding hydrogens is 497 g/mol. The van der Waals surface area contributed by atoms with E-state index in [-0.39, 0.29) is 39.9 Å². The number of ether oxygens (including phenoxy) is 1. The molecule has 9 nitrogen and oxygen atoms in total. The van der Waals surface area contributed by atoms with Crippen molar-refractivity contribution in [2.75, 3.05) is 12.8 Å². The number of aliphatic hydroxyl groups excluding tert-OH is 1. The lowest BCUT2D eigenvalue weighted by Crippen LogP contribution is -2.38. The molecule has 4 aromatic rings. The Morgan fingerprint density at radius 1 is 1.16 bits per heavy atom. The quantitative estimate of drug-likeness (QED) is 0.350. The van der Waals surface area contributed by atoms with Crippen molar-refractivity contribution in [3.8, 4) is 28.3 Å². The molecule has 1 aliphatic carbocycles. The lowest BCUT2D eigenvalue weighted by atomic mass is 9.94. The summed E-state index contributed by atoms with van der Waals surface area (Å²) >= 11 is 0. The molecule has 2 aromatic carbocycles. The summed E-state index contributed by atoms with van der Waals surface area (Å²) in [6.07, 6.45) is 5.15. The Bertz CT molecular complexity index is 1580. The SMILES string of the molecule is COc1cccc(-c2cn3c(-c4cc(S(=O)(=O)NC5CCC(O)CC5)ccc4C)cnc3c(N)n2)c1F. The standard InChI is InChI=1S/C26H28FN5O4S/c1-15-6-11-18(37(34,35)31-16-7-9-17(33)10-8-16)12-20(15)22-13-29-26-25(28)30-21(14-32(22)26)19-4-3-5-23(36-2)24(19)27/h3-6,11-14,16-17,31,33H,7-10H2,1-2H3,(H2,28,30). The number of imidazole rings is 1. The van der Waals surface area contributed by atoms with Gasteiger partial charge < -0.3 is 15.6 Å². The minimum absolute atomic E-state index is 0.0811. The molecule has 4 N–H and O–H groups in total. The van der Waals surface area contributed by atoms with E-state index in [0.717, 1.165) is 5.56 Å². The molecule has 2 heterocycles. The number of methoxy groups -OCH3 is 1. The van der Waals surface area contributed by atoms with Crippen molar-refractivity contribution in [2.24, 2.45) is 0 Å². The number of nitrogens with one attached hydrogen (secondary N) is 1. The Hall–Kier alpha value is -3.54. The van der Waals surface area contributed by atoms with Crippen LogP contribution in [0.3, 0.4) is 0 Å². The minimum Gasteiger partial charge on any atom is -0.494 e. The molecule has 0 radical (unpaired) electrons. The number of nitrogens with two attached hydrogens (primary N) is 1. The fourth-order valence-electron chi connectivity index (χ4n) is 4.73. The first-order valence-electron chi connectivity index (χ1n) is 12.0. The van der Waals surface area contributed by atoms with Gasteiger partial charge in [0.25, 0.3) is 0 Å². The number of nitrogen functional groups attached to an aromatic ring is 1. The number of halogens is 1. The average molecular weight is 526 g/mol. The second kappa shape index (κ2) is 9.73. The zero-order valence-electron chi connectivity index (χ0n) is 20.5. The second-order valence-electron chi connectivity index (χ2n) is 9.27. The van der Waals surface area contributed by atoms with Crippen LogP contribution in [0.15, 0.2) is 53.7 Å². The van der Waals surface area contributed by atoms with Gasteiger partial charge in [-0.15, -0.1) is 0 Å². The van der Waals surface area contributed by atoms with E-state index in [1.165, 1.54) is 13.2 Å². The van der Waals surface area contributed by atoms with E-state index in [0.29, 0.717) is 42.6 Å². The fourth-order valence-corrected chi connectivity index (χ4v) is 6.06. The van der Waals surface area contributed by atoms with E-state index in [4.69, 9.17) is 10.5 Å². The van der Waals surface area contributed by atoms with Crippen LogP contribution < -0.4 is 15.2 Å². The highest BCUT2D eigenvalue weighted by molar-refractivity contribution is 7.89. The molecule has 0 aliphatic heterocycles. The van der Waals surface area contributed by atoms with Crippen LogP contribution in [0.5, 0.6) is 5.75 Å². The fraction of sp³-hybridized carbons (Fsp3) is 0.308. The zero-order valence-corrected chi connectivity index (χ0v) is 21.3. The molecule has 11 heteroatoms. The lowest BCUT2D eigenvalue weighted by molar-refractivity contribution is 0.120. The maximum atomic E-state index is 15.0. The van der Waals surface area contributed by atoms with E-state index >= 15 is 0 Å². The van der Waals surface area contributed by atoms with E-state index in [1.807, 2.05) is 6.92 Å². The normalized spacial score (nSPS) is 18.3. The minimum atomic E-state index is -3.80. The number of benzene rings is 2. The third kappa shape index (κ3) is 4.77. The predicted octanol–water partition coefficient (Wildman–Crippen LogP) is 3.68. The molecule has 0 spiro atoms. The van der Waals surface area contributed by atoms with Gasteiger partial charge in [0.05, 0.1) is 35.7 Å². The maximum Gasteiger partial charge on any atom is 0.240 e. The molecule has 0 atom stereocenters. The first-order chi connectivity index (χ1) is 17.7. The molecule has 1 fully saturated rings. The van der Waals surface area contributed by atoms with Crippen molar-refractivity contribution in [2.45, 2.75) is 49.6 Å². The monoisotopic (exact) mass is 525 g/mol. The van der Waals surface area contributed by atoms with Crippen LogP contribution in [0, 0.1) is 12.7 Å². The first-order valence-corrected chi connectivity index (χ1v) is 13.4. The van der Waals surface area contributed by atoms with Crippen LogP contribution >= 0.6 is 0 Å². The Morgan fingerprint density at radius 2 is 1.92 bits per heavy atom. The molecule has 2 aromatic heterocycles. The molecule has 0 unspecified atom stereocenters. The van der Waals surface area contributed by atoms with E-state index in [2.05, 4.69) is 14.7 Å². The Balaban J connectivity index is 1.57. The third-order valence-electron chi connectivity index (χ3n) is 6.79. The maximum absolute atomic E-state index is 15.0. The number of aromatic nitrogens is 3. The number of sulfonamides is 1. The number of fused-ring (bicyclic) bond motifs is 1. The summed E-state index contributed by atoms with van der Waals surface area (Å²) in [5, 5.41) is 9.73. The summed E-state index contributed by atoms with van der Waals surface area (Å²) in [5.74, 6) is -0.380. The molecule has 0 bridgehead atoms. The predicted molar refractivity (Wildman–Crippen MR) is 138 cm³/mol. The van der Waals surface area contributed by atoms with Gasteiger partial charge in [0.2, 0.25) is 10.0 Å². The van der Waals surface area contributed by atoms with Crippen molar-refractivity contribution >= 4 is 21.5 Å². The highest BCUT2D eigenvalue weighted by Crippen LogP contribution is 2.33. The van der Waals surface area contributed by atoms with Crippen LogP contribution in [0.1, 0.15) is 31.2 Å². The van der Waals surface area contributed by atoms with E-state index in [1.54, 1.807) is 47.1 Å². The van der Waals surface area contributed by atoms with Gasteiger partial charge in [-0.3, -0.25) is 4.40 Å². The molecule has 5 rings (SSSR count). The largest absolute Gasteiger partial charge is 0.494 e. The summed E-state index contributed by atoms with van der Waals surface area (Å²) in [6, 6.07) is 9.43. The Labute approximate surface area is 214 Å². The van der Waals surface area contributed by atoms with Gasteiger partial charge >= 0.3 is 0 Å². The molecule has 1 aliphatic rings. The number of aryl methyl sites for hydroxylation is 1. The topological polar surface area (TPSA) is 132 Å². The molecule has 1 saturated carbocycles. The van der Waals surface area contributed by atoms with Crippen LogP contribution in [0.25, 0.3) is 28.2 Å². The van der Waals surface area contributed by atoms with Gasteiger partial charge in [0.15, 0.2) is 23.0 Å². The van der Waals surface area contributed by atoms with Gasteiger partial charge in [-0.1, -0.05) is 12.1 Å². The van der Waals surface area contributed by atoms with Crippen molar-refractivity contribution in [1.29, 1.82) is 0 Å². The molecule has 0 amide bonds. The highest BCUT2D eigenvalue weighted by Gasteiger charge is 2.26.